The van der Waals surface area contributed by atoms with Gasteiger partial charge in [-0.1, -0.05) is 34.6 Å². The number of nitrogens with zero attached hydrogens (tertiary/aromatic N) is 3. The highest BCUT2D eigenvalue weighted by Crippen LogP contribution is 2.31. The monoisotopic (exact) mass is 295 g/mol. The molecule has 3 nitrogen and oxygen atoms in total. The van der Waals surface area contributed by atoms with E-state index in [1.165, 1.54) is 11.4 Å². The fraction of sp³-hybridized carbons (Fsp3) is 0.824. The van der Waals surface area contributed by atoms with Crippen molar-refractivity contribution >= 4 is 0 Å². The number of halogens is 1. The first-order valence-electron chi connectivity index (χ1n) is 8.21. The minimum absolute atomic E-state index is 0.107. The number of hydrogen-bond acceptors (Lipinski definition) is 2. The van der Waals surface area contributed by atoms with Crippen LogP contribution in [0.2, 0.25) is 0 Å². The smallest absolute Gasteiger partial charge is 0.102 e. The highest BCUT2D eigenvalue weighted by atomic mass is 19.1. The van der Waals surface area contributed by atoms with Crippen LogP contribution in [0.25, 0.3) is 0 Å². The summed E-state index contributed by atoms with van der Waals surface area (Å²) in [6, 6.07) is 2.74. The van der Waals surface area contributed by atoms with Gasteiger partial charge >= 0.3 is 0 Å². The van der Waals surface area contributed by atoms with Gasteiger partial charge in [-0.05, 0) is 24.8 Å². The second kappa shape index (κ2) is 6.47. The molecule has 0 aliphatic carbocycles. The average Bonchev–Trinajstić information content (AvgIpc) is 2.85. The second-order valence-corrected chi connectivity index (χ2v) is 7.57. The summed E-state index contributed by atoms with van der Waals surface area (Å²) in [5, 5.41) is 4.89. The lowest BCUT2D eigenvalue weighted by Gasteiger charge is -2.33. The molecule has 0 saturated carbocycles. The molecule has 120 valence electrons. The van der Waals surface area contributed by atoms with Crippen LogP contribution in [0.5, 0.6) is 0 Å². The maximum atomic E-state index is 12.5. The van der Waals surface area contributed by atoms with Crippen LogP contribution in [0.15, 0.2) is 6.07 Å². The normalized spacial score (nSPS) is 18.6. The van der Waals surface area contributed by atoms with E-state index in [1.807, 2.05) is 0 Å². The third kappa shape index (κ3) is 3.85. The van der Waals surface area contributed by atoms with Crippen LogP contribution < -0.4 is 0 Å². The number of piperidine rings is 1. The average molecular weight is 295 g/mol. The Labute approximate surface area is 128 Å². The van der Waals surface area contributed by atoms with Crippen LogP contribution >= 0.6 is 0 Å². The minimum atomic E-state index is -0.239. The molecule has 2 heterocycles. The van der Waals surface area contributed by atoms with Crippen LogP contribution in [-0.2, 0) is 5.41 Å². The Morgan fingerprint density at radius 2 is 1.90 bits per heavy atom. The van der Waals surface area contributed by atoms with Gasteiger partial charge in [-0.3, -0.25) is 4.68 Å². The molecule has 0 unspecified atom stereocenters. The molecule has 0 bridgehead atoms. The fourth-order valence-electron chi connectivity index (χ4n) is 3.04. The minimum Gasteiger partial charge on any atom is -0.301 e. The lowest BCUT2D eigenvalue weighted by Crippen LogP contribution is -2.37. The van der Waals surface area contributed by atoms with Gasteiger partial charge < -0.3 is 4.90 Å². The molecule has 0 spiro atoms. The SMILES string of the molecule is CC(C)c1cc(C(C)(C)C)n(C2CCN(CCF)CC2)n1. The van der Waals surface area contributed by atoms with Gasteiger partial charge in [0.05, 0.1) is 11.7 Å². The molecule has 1 aromatic rings. The van der Waals surface area contributed by atoms with Crippen molar-refractivity contribution in [3.05, 3.63) is 17.5 Å². The topological polar surface area (TPSA) is 21.1 Å². The molecule has 0 aromatic carbocycles. The van der Waals surface area contributed by atoms with E-state index >= 15 is 0 Å². The van der Waals surface area contributed by atoms with Gasteiger partial charge in [-0.2, -0.15) is 5.10 Å². The summed E-state index contributed by atoms with van der Waals surface area (Å²) in [5.74, 6) is 0.457. The summed E-state index contributed by atoms with van der Waals surface area (Å²) in [4.78, 5) is 2.22. The zero-order chi connectivity index (χ0) is 15.6. The van der Waals surface area contributed by atoms with Gasteiger partial charge in [-0.25, -0.2) is 4.39 Å². The van der Waals surface area contributed by atoms with Crippen molar-refractivity contribution in [3.63, 3.8) is 0 Å². The van der Waals surface area contributed by atoms with Gasteiger partial charge in [-0.15, -0.1) is 0 Å². The third-order valence-electron chi connectivity index (χ3n) is 4.42. The summed E-state index contributed by atoms with van der Waals surface area (Å²) < 4.78 is 14.7. The van der Waals surface area contributed by atoms with Crippen LogP contribution in [-0.4, -0.2) is 41.0 Å². The lowest BCUT2D eigenvalue weighted by atomic mass is 9.90. The van der Waals surface area contributed by atoms with Crippen LogP contribution in [0.4, 0.5) is 4.39 Å². The number of rotatable bonds is 4. The van der Waals surface area contributed by atoms with E-state index in [9.17, 15) is 4.39 Å². The number of hydrogen-bond donors (Lipinski definition) is 0. The molecule has 1 aromatic heterocycles. The van der Waals surface area contributed by atoms with Crippen molar-refractivity contribution < 1.29 is 4.39 Å². The zero-order valence-corrected chi connectivity index (χ0v) is 14.2. The first kappa shape index (κ1) is 16.5. The number of alkyl halides is 1. The Balaban J connectivity index is 2.19. The second-order valence-electron chi connectivity index (χ2n) is 7.57. The molecule has 1 saturated heterocycles. The first-order chi connectivity index (χ1) is 9.82. The predicted octanol–water partition coefficient (Wildman–Crippen LogP) is 3.91. The Bertz CT molecular complexity index is 451. The van der Waals surface area contributed by atoms with Gasteiger partial charge in [0, 0.05) is 30.7 Å². The van der Waals surface area contributed by atoms with Crippen molar-refractivity contribution in [2.45, 2.75) is 64.8 Å². The molecular formula is C17H30FN3. The van der Waals surface area contributed by atoms with E-state index in [2.05, 4.69) is 50.3 Å². The molecule has 0 amide bonds. The van der Waals surface area contributed by atoms with Gasteiger partial charge in [0.2, 0.25) is 0 Å². The summed E-state index contributed by atoms with van der Waals surface area (Å²) in [7, 11) is 0. The Kier molecular flexibility index (Phi) is 5.07. The maximum Gasteiger partial charge on any atom is 0.102 e. The maximum absolute atomic E-state index is 12.5. The molecule has 0 N–H and O–H groups in total. The Morgan fingerprint density at radius 1 is 1.29 bits per heavy atom. The first-order valence-corrected chi connectivity index (χ1v) is 8.21. The molecule has 0 atom stereocenters. The lowest BCUT2D eigenvalue weighted by molar-refractivity contribution is 0.165. The van der Waals surface area contributed by atoms with E-state index in [1.54, 1.807) is 0 Å². The third-order valence-corrected chi connectivity index (χ3v) is 4.42. The Morgan fingerprint density at radius 3 is 2.38 bits per heavy atom. The molecule has 0 radical (unpaired) electrons. The molecule has 1 aliphatic heterocycles. The number of likely N-dealkylation sites (tertiary alicyclic amines) is 1. The van der Waals surface area contributed by atoms with Gasteiger partial charge in [0.25, 0.3) is 0 Å². The van der Waals surface area contributed by atoms with Crippen LogP contribution in [0, 0.1) is 0 Å². The Hall–Kier alpha value is -0.900. The standard InChI is InChI=1S/C17H30FN3/c1-13(2)15-12-16(17(3,4)5)21(19-15)14-6-9-20(10-7-14)11-8-18/h12-14H,6-11H2,1-5H3. The van der Waals surface area contributed by atoms with Crippen molar-refractivity contribution in [1.29, 1.82) is 0 Å². The molecule has 1 fully saturated rings. The van der Waals surface area contributed by atoms with Crippen molar-refractivity contribution in [2.75, 3.05) is 26.3 Å². The van der Waals surface area contributed by atoms with Crippen LogP contribution in [0.1, 0.15) is 70.8 Å². The highest BCUT2D eigenvalue weighted by molar-refractivity contribution is 5.21. The van der Waals surface area contributed by atoms with Crippen LogP contribution in [0.3, 0.4) is 0 Å². The largest absolute Gasteiger partial charge is 0.301 e. The number of aromatic nitrogens is 2. The quantitative estimate of drug-likeness (QED) is 0.839. The molecular weight excluding hydrogens is 265 g/mol. The fourth-order valence-corrected chi connectivity index (χ4v) is 3.04. The van der Waals surface area contributed by atoms with E-state index in [0.29, 0.717) is 18.5 Å². The summed E-state index contributed by atoms with van der Waals surface area (Å²) in [6.07, 6.45) is 2.14. The molecule has 1 aliphatic rings. The van der Waals surface area contributed by atoms with E-state index in [4.69, 9.17) is 5.10 Å². The summed E-state index contributed by atoms with van der Waals surface area (Å²) in [5.41, 5.74) is 2.62. The molecule has 2 rings (SSSR count). The van der Waals surface area contributed by atoms with E-state index in [0.717, 1.165) is 25.9 Å². The predicted molar refractivity (Wildman–Crippen MR) is 85.7 cm³/mol. The van der Waals surface area contributed by atoms with Crippen molar-refractivity contribution in [1.82, 2.24) is 14.7 Å². The zero-order valence-electron chi connectivity index (χ0n) is 14.2. The van der Waals surface area contributed by atoms with E-state index < -0.39 is 0 Å². The van der Waals surface area contributed by atoms with Gasteiger partial charge in [0.15, 0.2) is 0 Å². The van der Waals surface area contributed by atoms with Crippen molar-refractivity contribution in [3.8, 4) is 0 Å². The summed E-state index contributed by atoms with van der Waals surface area (Å²) >= 11 is 0. The van der Waals surface area contributed by atoms with Gasteiger partial charge in [0.1, 0.15) is 6.67 Å². The summed E-state index contributed by atoms with van der Waals surface area (Å²) in [6.45, 7) is 13.5. The van der Waals surface area contributed by atoms with E-state index in [-0.39, 0.29) is 12.1 Å². The molecule has 4 heteroatoms. The van der Waals surface area contributed by atoms with Crippen molar-refractivity contribution in [2.24, 2.45) is 0 Å². The molecule has 21 heavy (non-hydrogen) atoms. The highest BCUT2D eigenvalue weighted by Gasteiger charge is 2.28.